The second-order valence-corrected chi connectivity index (χ2v) is 5.98. The fourth-order valence-electron chi connectivity index (χ4n) is 2.47. The van der Waals surface area contributed by atoms with Gasteiger partial charge in [0, 0.05) is 12.1 Å². The largest absolute Gasteiger partial charge is 0.505 e. The van der Waals surface area contributed by atoms with E-state index in [1.807, 2.05) is 0 Å². The molecular weight excluding hydrogens is 338 g/mol. The highest BCUT2D eigenvalue weighted by atomic mass is 35.5. The van der Waals surface area contributed by atoms with Crippen LogP contribution in [0.2, 0.25) is 5.02 Å². The third-order valence-electron chi connectivity index (χ3n) is 4.01. The van der Waals surface area contributed by atoms with E-state index in [-0.39, 0.29) is 16.3 Å². The van der Waals surface area contributed by atoms with Gasteiger partial charge in [0.15, 0.2) is 11.6 Å². The van der Waals surface area contributed by atoms with Crippen LogP contribution in [-0.2, 0) is 5.41 Å². The Labute approximate surface area is 141 Å². The Morgan fingerprint density at radius 2 is 2.00 bits per heavy atom. The second-order valence-electron chi connectivity index (χ2n) is 5.60. The van der Waals surface area contributed by atoms with Gasteiger partial charge in [-0.05, 0) is 24.5 Å². The molecule has 1 aliphatic carbocycles. The summed E-state index contributed by atoms with van der Waals surface area (Å²) in [5.41, 5.74) is -0.422. The Bertz CT molecular complexity index is 889. The van der Waals surface area contributed by atoms with Gasteiger partial charge in [-0.1, -0.05) is 23.7 Å². The maximum Gasteiger partial charge on any atom is 0.257 e. The van der Waals surface area contributed by atoms with Crippen LogP contribution in [0.25, 0.3) is 0 Å². The number of hydrogen-bond donors (Lipinski definition) is 2. The fourth-order valence-corrected chi connectivity index (χ4v) is 2.86. The van der Waals surface area contributed by atoms with Crippen LogP contribution in [0.1, 0.15) is 28.8 Å². The van der Waals surface area contributed by atoms with Crippen molar-refractivity contribution in [2.24, 2.45) is 0 Å². The number of amides is 1. The summed E-state index contributed by atoms with van der Waals surface area (Å²) in [7, 11) is 0. The van der Waals surface area contributed by atoms with Crippen LogP contribution in [0.5, 0.6) is 5.75 Å². The Kier molecular flexibility index (Phi) is 3.90. The van der Waals surface area contributed by atoms with Crippen molar-refractivity contribution >= 4 is 23.2 Å². The minimum atomic E-state index is -1.13. The summed E-state index contributed by atoms with van der Waals surface area (Å²) in [5.74, 6) is -3.66. The molecule has 0 aliphatic heterocycles. The number of benzene rings is 2. The predicted molar refractivity (Wildman–Crippen MR) is 84.0 cm³/mol. The van der Waals surface area contributed by atoms with Crippen molar-refractivity contribution in [3.8, 4) is 11.8 Å². The lowest BCUT2D eigenvalue weighted by molar-refractivity contribution is 0.102. The monoisotopic (exact) mass is 348 g/mol. The van der Waals surface area contributed by atoms with Crippen LogP contribution in [0.4, 0.5) is 14.5 Å². The van der Waals surface area contributed by atoms with Gasteiger partial charge < -0.3 is 10.4 Å². The molecule has 0 spiro atoms. The lowest BCUT2D eigenvalue weighted by Crippen LogP contribution is -2.15. The van der Waals surface area contributed by atoms with Crippen molar-refractivity contribution in [2.75, 3.05) is 5.32 Å². The summed E-state index contributed by atoms with van der Waals surface area (Å²) < 4.78 is 26.8. The van der Waals surface area contributed by atoms with Crippen LogP contribution in [0.15, 0.2) is 30.3 Å². The van der Waals surface area contributed by atoms with Crippen molar-refractivity contribution in [1.82, 2.24) is 0 Å². The molecule has 1 amide bonds. The first-order valence-corrected chi connectivity index (χ1v) is 7.45. The van der Waals surface area contributed by atoms with Gasteiger partial charge in [0.05, 0.1) is 27.8 Å². The maximum atomic E-state index is 13.7. The van der Waals surface area contributed by atoms with Gasteiger partial charge in [0.2, 0.25) is 0 Å². The van der Waals surface area contributed by atoms with E-state index < -0.39 is 28.7 Å². The molecule has 0 aromatic heterocycles. The Morgan fingerprint density at radius 3 is 2.62 bits per heavy atom. The normalized spacial score (nSPS) is 14.8. The molecule has 0 bridgehead atoms. The predicted octanol–water partition coefficient (Wildman–Crippen LogP) is 4.13. The molecule has 1 saturated carbocycles. The number of carbonyl (C=O) groups is 1. The van der Waals surface area contributed by atoms with Crippen molar-refractivity contribution in [3.05, 3.63) is 58.1 Å². The molecule has 1 aliphatic rings. The maximum absolute atomic E-state index is 13.7. The Morgan fingerprint density at radius 1 is 1.29 bits per heavy atom. The molecule has 2 aromatic carbocycles. The number of carbonyl (C=O) groups excluding carboxylic acids is 1. The molecule has 0 saturated heterocycles. The van der Waals surface area contributed by atoms with Crippen LogP contribution >= 0.6 is 11.6 Å². The third-order valence-corrected chi connectivity index (χ3v) is 4.41. The topological polar surface area (TPSA) is 73.1 Å². The number of nitrogens with one attached hydrogen (secondary N) is 1. The van der Waals surface area contributed by atoms with E-state index in [0.717, 1.165) is 6.07 Å². The lowest BCUT2D eigenvalue weighted by Gasteiger charge is -2.13. The molecule has 7 heteroatoms. The van der Waals surface area contributed by atoms with Gasteiger partial charge >= 0.3 is 0 Å². The average Bonchev–Trinajstić information content (AvgIpc) is 3.33. The van der Waals surface area contributed by atoms with Gasteiger partial charge in [-0.3, -0.25) is 4.79 Å². The molecular formula is C17H11ClF2N2O2. The molecule has 24 heavy (non-hydrogen) atoms. The number of aromatic hydroxyl groups is 1. The van der Waals surface area contributed by atoms with Gasteiger partial charge in [-0.15, -0.1) is 0 Å². The number of nitrogens with zero attached hydrogens (tertiary/aromatic N) is 1. The van der Waals surface area contributed by atoms with Crippen LogP contribution in [0.3, 0.4) is 0 Å². The minimum Gasteiger partial charge on any atom is -0.505 e. The first-order valence-electron chi connectivity index (χ1n) is 7.07. The minimum absolute atomic E-state index is 0.0684. The van der Waals surface area contributed by atoms with Crippen LogP contribution < -0.4 is 5.32 Å². The first kappa shape index (κ1) is 16.2. The zero-order chi connectivity index (χ0) is 17.5. The molecule has 1 fully saturated rings. The molecule has 4 nitrogen and oxygen atoms in total. The third kappa shape index (κ3) is 2.68. The highest BCUT2D eigenvalue weighted by molar-refractivity contribution is 6.35. The molecule has 0 unspecified atom stereocenters. The summed E-state index contributed by atoms with van der Waals surface area (Å²) in [6.45, 7) is 0. The summed E-state index contributed by atoms with van der Waals surface area (Å²) in [6.07, 6.45) is 1.32. The molecule has 2 N–H and O–H groups in total. The summed E-state index contributed by atoms with van der Waals surface area (Å²) in [6, 6.07) is 8.15. The average molecular weight is 349 g/mol. The van der Waals surface area contributed by atoms with E-state index in [1.165, 1.54) is 6.07 Å². The molecule has 122 valence electrons. The number of anilines is 1. The van der Waals surface area contributed by atoms with Gasteiger partial charge in [-0.2, -0.15) is 5.26 Å². The fraction of sp³-hybridized carbons (Fsp3) is 0.176. The molecule has 2 aromatic rings. The van der Waals surface area contributed by atoms with Crippen LogP contribution in [0, 0.1) is 23.0 Å². The number of rotatable bonds is 3. The highest BCUT2D eigenvalue weighted by Gasteiger charge is 2.46. The van der Waals surface area contributed by atoms with Crippen molar-refractivity contribution in [2.45, 2.75) is 18.3 Å². The highest BCUT2D eigenvalue weighted by Crippen LogP contribution is 2.50. The van der Waals surface area contributed by atoms with E-state index in [4.69, 9.17) is 11.6 Å². The molecule has 0 radical (unpaired) electrons. The number of phenolic OH excluding ortho intramolecular Hbond substituents is 1. The van der Waals surface area contributed by atoms with Crippen molar-refractivity contribution < 1.29 is 18.7 Å². The van der Waals surface area contributed by atoms with Gasteiger partial charge in [0.25, 0.3) is 5.91 Å². The summed E-state index contributed by atoms with van der Waals surface area (Å²) in [5, 5.41) is 20.9. The quantitative estimate of drug-likeness (QED) is 0.875. The Balaban J connectivity index is 1.93. The van der Waals surface area contributed by atoms with Crippen LogP contribution in [-0.4, -0.2) is 11.0 Å². The van der Waals surface area contributed by atoms with E-state index in [9.17, 15) is 23.9 Å². The zero-order valence-corrected chi connectivity index (χ0v) is 13.0. The Hall–Kier alpha value is -2.65. The molecule has 0 atom stereocenters. The number of nitriles is 1. The molecule has 0 heterocycles. The smallest absolute Gasteiger partial charge is 0.257 e. The second kappa shape index (κ2) is 5.77. The number of phenols is 1. The number of halogens is 3. The number of hydrogen-bond acceptors (Lipinski definition) is 3. The summed E-state index contributed by atoms with van der Waals surface area (Å²) in [4.78, 5) is 12.4. The van der Waals surface area contributed by atoms with Gasteiger partial charge in [0.1, 0.15) is 5.82 Å². The summed E-state index contributed by atoms with van der Waals surface area (Å²) >= 11 is 6.25. The van der Waals surface area contributed by atoms with Gasteiger partial charge in [-0.25, -0.2) is 8.78 Å². The zero-order valence-electron chi connectivity index (χ0n) is 12.2. The van der Waals surface area contributed by atoms with Crippen molar-refractivity contribution in [1.29, 1.82) is 5.26 Å². The molecule has 3 rings (SSSR count). The SMILES string of the molecule is N#CC1(c2cccc(C(=O)Nc3cc(O)c(F)cc3F)c2Cl)CC1. The standard InChI is InChI=1S/C17H11ClF2N2O2/c18-15-9(2-1-3-10(15)17(8-21)4-5-17)16(24)22-13-7-14(23)12(20)6-11(13)19/h1-3,6-7,23H,4-5H2,(H,22,24). The van der Waals surface area contributed by atoms with Crippen molar-refractivity contribution in [3.63, 3.8) is 0 Å². The van der Waals surface area contributed by atoms with E-state index >= 15 is 0 Å². The first-order chi connectivity index (χ1) is 11.4. The lowest BCUT2D eigenvalue weighted by atomic mass is 9.95. The van der Waals surface area contributed by atoms with E-state index in [1.54, 1.807) is 12.1 Å². The van der Waals surface area contributed by atoms with E-state index in [0.29, 0.717) is 24.5 Å². The van der Waals surface area contributed by atoms with E-state index in [2.05, 4.69) is 11.4 Å².